The van der Waals surface area contributed by atoms with E-state index in [4.69, 9.17) is 4.74 Å². The number of carbonyl (C=O) groups excluding carboxylic acids is 2. The molecule has 2 N–H and O–H groups in total. The van der Waals surface area contributed by atoms with Crippen LogP contribution in [0.2, 0.25) is 0 Å². The lowest BCUT2D eigenvalue weighted by atomic mass is 9.89. The van der Waals surface area contributed by atoms with Gasteiger partial charge < -0.3 is 15.0 Å². The normalized spacial score (nSPS) is 16.4. The van der Waals surface area contributed by atoms with Gasteiger partial charge in [-0.2, -0.15) is 5.10 Å². The molecular weight excluding hydrogens is 576 g/mol. The molecule has 4 aromatic rings. The minimum Gasteiger partial charge on any atom is -0.381 e. The molecule has 2 amide bonds. The average Bonchev–Trinajstić information content (AvgIpc) is 3.42. The van der Waals surface area contributed by atoms with Crippen molar-refractivity contribution < 1.29 is 23.1 Å². The number of carbonyl (C=O) groups is 2. The molecule has 2 aliphatic rings. The number of hydrogen-bond acceptors (Lipinski definition) is 5. The van der Waals surface area contributed by atoms with Crippen molar-refractivity contribution >= 4 is 28.5 Å². The van der Waals surface area contributed by atoms with Gasteiger partial charge in [0, 0.05) is 68.0 Å². The van der Waals surface area contributed by atoms with Crippen LogP contribution in [-0.4, -0.2) is 77.2 Å². The number of benzene rings is 3. The van der Waals surface area contributed by atoms with Crippen LogP contribution in [-0.2, 0) is 17.6 Å². The zero-order chi connectivity index (χ0) is 31.5. The van der Waals surface area contributed by atoms with Gasteiger partial charge in [0.15, 0.2) is 5.82 Å². The number of nitrogens with one attached hydrogen (secondary N) is 2. The van der Waals surface area contributed by atoms with Gasteiger partial charge in [-0.1, -0.05) is 6.07 Å². The molecule has 0 unspecified atom stereocenters. The van der Waals surface area contributed by atoms with Gasteiger partial charge >= 0.3 is 0 Å². The fourth-order valence-corrected chi connectivity index (χ4v) is 6.39. The van der Waals surface area contributed by atoms with Crippen LogP contribution in [0.25, 0.3) is 10.9 Å². The summed E-state index contributed by atoms with van der Waals surface area (Å²) in [6.45, 7) is 8.76. The van der Waals surface area contributed by atoms with Gasteiger partial charge in [0.1, 0.15) is 11.6 Å². The summed E-state index contributed by atoms with van der Waals surface area (Å²) in [5, 5.41) is 11.0. The fourth-order valence-electron chi connectivity index (χ4n) is 6.39. The highest BCUT2D eigenvalue weighted by Crippen LogP contribution is 2.27. The third kappa shape index (κ3) is 7.23. The summed E-state index contributed by atoms with van der Waals surface area (Å²) in [7, 11) is 0. The Kier molecular flexibility index (Phi) is 9.23. The Labute approximate surface area is 261 Å². The molecule has 6 rings (SSSR count). The van der Waals surface area contributed by atoms with Crippen molar-refractivity contribution in [1.29, 1.82) is 0 Å². The largest absolute Gasteiger partial charge is 0.381 e. The van der Waals surface area contributed by atoms with E-state index in [1.165, 1.54) is 12.1 Å². The van der Waals surface area contributed by atoms with Crippen LogP contribution in [0.4, 0.5) is 14.6 Å². The summed E-state index contributed by atoms with van der Waals surface area (Å²) < 4.78 is 33.1. The molecule has 0 saturated carbocycles. The summed E-state index contributed by atoms with van der Waals surface area (Å²) in [6.07, 6.45) is 2.79. The lowest BCUT2D eigenvalue weighted by Crippen LogP contribution is -2.50. The first-order chi connectivity index (χ1) is 21.7. The van der Waals surface area contributed by atoms with Crippen molar-refractivity contribution in [3.63, 3.8) is 0 Å². The molecular formula is C35H39F2N5O3. The van der Waals surface area contributed by atoms with Crippen LogP contribution >= 0.6 is 0 Å². The molecule has 2 fully saturated rings. The number of amides is 2. The molecule has 45 heavy (non-hydrogen) atoms. The number of aromatic amines is 1. The average molecular weight is 616 g/mol. The lowest BCUT2D eigenvalue weighted by molar-refractivity contribution is 0.0594. The summed E-state index contributed by atoms with van der Waals surface area (Å²) in [5.41, 5.74) is 3.98. The molecule has 1 aromatic heterocycles. The van der Waals surface area contributed by atoms with E-state index >= 15 is 0 Å². The molecule has 2 saturated heterocycles. The molecule has 2 aliphatic heterocycles. The molecule has 3 aromatic carbocycles. The second-order valence-corrected chi connectivity index (χ2v) is 12.4. The van der Waals surface area contributed by atoms with E-state index in [1.807, 2.05) is 29.2 Å². The second kappa shape index (κ2) is 13.5. The SMILES string of the molecule is CC(C)N1CCN(C(=O)c2ccc(C(=O)Nc3n[nH]c4ccc(Cc5cc(F)cc(F)c5)cc34)c(CC3CCOCC3)c2)CC1. The van der Waals surface area contributed by atoms with Crippen molar-refractivity contribution in [2.75, 3.05) is 44.7 Å². The highest BCUT2D eigenvalue weighted by molar-refractivity contribution is 6.09. The fraction of sp³-hybridized carbons (Fsp3) is 0.400. The first-order valence-electron chi connectivity index (χ1n) is 15.7. The van der Waals surface area contributed by atoms with Crippen LogP contribution in [0.5, 0.6) is 0 Å². The van der Waals surface area contributed by atoms with Gasteiger partial charge in [0.25, 0.3) is 11.8 Å². The topological polar surface area (TPSA) is 90.6 Å². The van der Waals surface area contributed by atoms with Gasteiger partial charge in [-0.3, -0.25) is 19.6 Å². The number of piperazine rings is 1. The van der Waals surface area contributed by atoms with Crippen LogP contribution in [0, 0.1) is 17.6 Å². The monoisotopic (exact) mass is 615 g/mol. The number of H-pyrrole nitrogens is 1. The number of fused-ring (bicyclic) bond motifs is 1. The van der Waals surface area contributed by atoms with Gasteiger partial charge in [-0.05, 0) is 105 Å². The molecule has 3 heterocycles. The summed E-state index contributed by atoms with van der Waals surface area (Å²) in [4.78, 5) is 31.6. The zero-order valence-corrected chi connectivity index (χ0v) is 25.7. The third-order valence-corrected chi connectivity index (χ3v) is 8.97. The van der Waals surface area contributed by atoms with E-state index < -0.39 is 11.6 Å². The molecule has 0 aliphatic carbocycles. The van der Waals surface area contributed by atoms with E-state index in [-0.39, 0.29) is 11.8 Å². The number of hydrogen-bond donors (Lipinski definition) is 2. The van der Waals surface area contributed by atoms with E-state index in [2.05, 4.69) is 34.3 Å². The zero-order valence-electron chi connectivity index (χ0n) is 25.7. The maximum Gasteiger partial charge on any atom is 0.257 e. The minimum absolute atomic E-state index is 0.0115. The van der Waals surface area contributed by atoms with Crippen molar-refractivity contribution in [2.24, 2.45) is 5.92 Å². The Hall–Kier alpha value is -4.15. The first kappa shape index (κ1) is 30.9. The number of anilines is 1. The van der Waals surface area contributed by atoms with Gasteiger partial charge in [0.2, 0.25) is 0 Å². The van der Waals surface area contributed by atoms with Gasteiger partial charge in [0.05, 0.1) is 5.52 Å². The first-order valence-corrected chi connectivity index (χ1v) is 15.7. The highest BCUT2D eigenvalue weighted by atomic mass is 19.1. The Balaban J connectivity index is 1.24. The van der Waals surface area contributed by atoms with Crippen molar-refractivity contribution in [3.8, 4) is 0 Å². The van der Waals surface area contributed by atoms with Gasteiger partial charge in [-0.15, -0.1) is 0 Å². The molecule has 8 nitrogen and oxygen atoms in total. The van der Waals surface area contributed by atoms with Crippen LogP contribution < -0.4 is 5.32 Å². The van der Waals surface area contributed by atoms with E-state index in [9.17, 15) is 18.4 Å². The predicted octanol–water partition coefficient (Wildman–Crippen LogP) is 5.82. The number of nitrogens with zero attached hydrogens (tertiary/aromatic N) is 3. The Morgan fingerprint density at radius 3 is 2.40 bits per heavy atom. The Morgan fingerprint density at radius 2 is 1.69 bits per heavy atom. The molecule has 0 radical (unpaired) electrons. The van der Waals surface area contributed by atoms with Crippen molar-refractivity contribution in [1.82, 2.24) is 20.0 Å². The molecule has 236 valence electrons. The second-order valence-electron chi connectivity index (χ2n) is 12.4. The van der Waals surface area contributed by atoms with E-state index in [0.717, 1.165) is 48.6 Å². The van der Waals surface area contributed by atoms with Crippen molar-refractivity contribution in [3.05, 3.63) is 94.0 Å². The number of rotatable bonds is 8. The third-order valence-electron chi connectivity index (χ3n) is 8.97. The molecule has 0 spiro atoms. The molecule has 0 atom stereocenters. The van der Waals surface area contributed by atoms with Crippen molar-refractivity contribution in [2.45, 2.75) is 45.6 Å². The maximum absolute atomic E-state index is 13.8. The van der Waals surface area contributed by atoms with Crippen LogP contribution in [0.15, 0.2) is 54.6 Å². The van der Waals surface area contributed by atoms with E-state index in [1.54, 1.807) is 12.1 Å². The lowest BCUT2D eigenvalue weighted by Gasteiger charge is -2.37. The van der Waals surface area contributed by atoms with E-state index in [0.29, 0.717) is 79.0 Å². The Morgan fingerprint density at radius 1 is 0.956 bits per heavy atom. The maximum atomic E-state index is 13.8. The standard InChI is InChI=1S/C35H39F2N5O3/c1-22(2)41-9-11-42(12-10-41)35(44)26-4-5-30(27(20-26)16-23-7-13-45-14-8-23)34(43)38-33-31-19-24(3-6-32(31)39-40-33)15-25-17-28(36)21-29(37)18-25/h3-6,17-23H,7-16H2,1-2H3,(H2,38,39,40,43). The summed E-state index contributed by atoms with van der Waals surface area (Å²) >= 11 is 0. The predicted molar refractivity (Wildman–Crippen MR) is 170 cm³/mol. The molecule has 10 heteroatoms. The number of ether oxygens (including phenoxy) is 1. The van der Waals surface area contributed by atoms with Gasteiger partial charge in [-0.25, -0.2) is 8.78 Å². The van der Waals surface area contributed by atoms with Crippen LogP contribution in [0.3, 0.4) is 0 Å². The highest BCUT2D eigenvalue weighted by Gasteiger charge is 2.26. The summed E-state index contributed by atoms with van der Waals surface area (Å²) in [6, 6.07) is 14.9. The summed E-state index contributed by atoms with van der Waals surface area (Å²) in [5.74, 6) is -0.857. The number of halogens is 2. The Bertz CT molecular complexity index is 1670. The molecule has 0 bridgehead atoms. The number of aromatic nitrogens is 2. The quantitative estimate of drug-likeness (QED) is 0.261. The minimum atomic E-state index is -0.625. The van der Waals surface area contributed by atoms with Crippen LogP contribution in [0.1, 0.15) is 64.1 Å². The smallest absolute Gasteiger partial charge is 0.257 e.